The fraction of sp³-hybridized carbons (Fsp3) is 0.700. The topological polar surface area (TPSA) is 73.8 Å². The van der Waals surface area contributed by atoms with E-state index < -0.39 is 0 Å². The van der Waals surface area contributed by atoms with Crippen LogP contribution in [0.25, 0.3) is 0 Å². The third kappa shape index (κ3) is 14.2. The quantitative estimate of drug-likeness (QED) is 0.157. The average molecular weight is 654 g/mol. The zero-order valence-corrected chi connectivity index (χ0v) is 22.0. The molecule has 0 aliphatic rings. The van der Waals surface area contributed by atoms with Crippen molar-refractivity contribution >= 4 is 45.2 Å². The molecule has 0 saturated carbocycles. The standard InChI is InChI=1S/C20H32I2O8/c1-23-3-5-25-7-9-27-11-13-29-19-16-20(18(22)15-17(19)21)30-14-12-28-10-8-26-6-4-24-2/h15-16H,3-14H2,1-2H3. The molecule has 0 radical (unpaired) electrons. The Morgan fingerprint density at radius 1 is 0.500 bits per heavy atom. The van der Waals surface area contributed by atoms with Crippen molar-refractivity contribution in [3.05, 3.63) is 19.3 Å². The van der Waals surface area contributed by atoms with Crippen molar-refractivity contribution in [3.63, 3.8) is 0 Å². The van der Waals surface area contributed by atoms with Crippen molar-refractivity contribution in [2.45, 2.75) is 0 Å². The van der Waals surface area contributed by atoms with Crippen LogP contribution in [0.15, 0.2) is 12.1 Å². The summed E-state index contributed by atoms with van der Waals surface area (Å²) in [6.45, 7) is 6.39. The van der Waals surface area contributed by atoms with E-state index in [-0.39, 0.29) is 0 Å². The Labute approximate surface area is 206 Å². The molecule has 0 atom stereocenters. The Kier molecular flexibility index (Phi) is 18.4. The minimum Gasteiger partial charge on any atom is -0.490 e. The van der Waals surface area contributed by atoms with Crippen LogP contribution in [0.4, 0.5) is 0 Å². The van der Waals surface area contributed by atoms with Gasteiger partial charge in [-0.15, -0.1) is 0 Å². The van der Waals surface area contributed by atoms with Gasteiger partial charge in [0.05, 0.1) is 73.2 Å². The minimum atomic E-state index is 0.459. The number of methoxy groups -OCH3 is 2. The zero-order chi connectivity index (χ0) is 21.9. The Hall–Kier alpha value is 0.0400. The molecule has 0 heterocycles. The highest BCUT2D eigenvalue weighted by molar-refractivity contribution is 14.1. The minimum absolute atomic E-state index is 0.459. The third-order valence-electron chi connectivity index (χ3n) is 3.56. The molecule has 0 unspecified atom stereocenters. The van der Waals surface area contributed by atoms with Gasteiger partial charge in [-0.1, -0.05) is 0 Å². The molecular formula is C20H32I2O8. The highest BCUT2D eigenvalue weighted by Gasteiger charge is 2.09. The summed E-state index contributed by atoms with van der Waals surface area (Å²) >= 11 is 4.51. The van der Waals surface area contributed by atoms with Crippen molar-refractivity contribution in [1.29, 1.82) is 0 Å². The van der Waals surface area contributed by atoms with Crippen molar-refractivity contribution in [2.24, 2.45) is 0 Å². The van der Waals surface area contributed by atoms with Gasteiger partial charge in [-0.3, -0.25) is 0 Å². The molecule has 0 fully saturated rings. The van der Waals surface area contributed by atoms with Crippen LogP contribution in [-0.2, 0) is 28.4 Å². The smallest absolute Gasteiger partial charge is 0.136 e. The molecule has 10 heteroatoms. The lowest BCUT2D eigenvalue weighted by molar-refractivity contribution is 0.0174. The SMILES string of the molecule is COCCOCCOCCOc1cc(OCCOCCOCCOC)c(I)cc1I. The molecule has 174 valence electrons. The monoisotopic (exact) mass is 654 g/mol. The van der Waals surface area contributed by atoms with E-state index in [0.717, 1.165) is 18.6 Å². The Balaban J connectivity index is 2.19. The van der Waals surface area contributed by atoms with Gasteiger partial charge in [0.25, 0.3) is 0 Å². The molecule has 0 amide bonds. The van der Waals surface area contributed by atoms with E-state index in [1.54, 1.807) is 14.2 Å². The maximum atomic E-state index is 5.83. The molecule has 0 N–H and O–H groups in total. The number of benzene rings is 1. The van der Waals surface area contributed by atoms with E-state index in [4.69, 9.17) is 37.9 Å². The lowest BCUT2D eigenvalue weighted by Gasteiger charge is -2.13. The second-order valence-electron chi connectivity index (χ2n) is 5.85. The summed E-state index contributed by atoms with van der Waals surface area (Å²) in [7, 11) is 3.30. The lowest BCUT2D eigenvalue weighted by Crippen LogP contribution is -2.13. The fourth-order valence-corrected chi connectivity index (χ4v) is 3.92. The first kappa shape index (κ1) is 28.1. The van der Waals surface area contributed by atoms with Crippen LogP contribution in [-0.4, -0.2) is 93.5 Å². The van der Waals surface area contributed by atoms with Crippen LogP contribution in [0, 0.1) is 7.14 Å². The van der Waals surface area contributed by atoms with Crippen LogP contribution in [0.3, 0.4) is 0 Å². The second-order valence-corrected chi connectivity index (χ2v) is 8.17. The van der Waals surface area contributed by atoms with Gasteiger partial charge in [0.2, 0.25) is 0 Å². The van der Waals surface area contributed by atoms with Gasteiger partial charge >= 0.3 is 0 Å². The van der Waals surface area contributed by atoms with E-state index in [1.807, 2.05) is 12.1 Å². The van der Waals surface area contributed by atoms with E-state index in [1.165, 1.54) is 0 Å². The number of ether oxygens (including phenoxy) is 8. The molecule has 0 bridgehead atoms. The summed E-state index contributed by atoms with van der Waals surface area (Å²) in [5.41, 5.74) is 0. The van der Waals surface area contributed by atoms with E-state index in [0.29, 0.717) is 79.3 Å². The van der Waals surface area contributed by atoms with E-state index in [2.05, 4.69) is 45.2 Å². The van der Waals surface area contributed by atoms with Gasteiger partial charge in [0, 0.05) is 20.3 Å². The molecule has 0 spiro atoms. The Bertz CT molecular complexity index is 505. The van der Waals surface area contributed by atoms with Crippen LogP contribution in [0.1, 0.15) is 0 Å². The van der Waals surface area contributed by atoms with Gasteiger partial charge in [0.1, 0.15) is 24.7 Å². The summed E-state index contributed by atoms with van der Waals surface area (Å²) in [5.74, 6) is 1.55. The molecule has 1 aromatic rings. The molecule has 0 aliphatic heterocycles. The molecule has 8 nitrogen and oxygen atoms in total. The van der Waals surface area contributed by atoms with Crippen molar-refractivity contribution in [3.8, 4) is 11.5 Å². The fourth-order valence-electron chi connectivity index (χ4n) is 2.08. The first-order valence-electron chi connectivity index (χ1n) is 9.72. The summed E-state index contributed by atoms with van der Waals surface area (Å²) in [6, 6.07) is 3.94. The first-order valence-corrected chi connectivity index (χ1v) is 11.9. The lowest BCUT2D eigenvalue weighted by atomic mass is 10.3. The maximum absolute atomic E-state index is 5.83. The van der Waals surface area contributed by atoms with Gasteiger partial charge in [-0.05, 0) is 51.2 Å². The number of rotatable bonds is 20. The predicted molar refractivity (Wildman–Crippen MR) is 130 cm³/mol. The summed E-state index contributed by atoms with van der Waals surface area (Å²) < 4.78 is 45.2. The van der Waals surface area contributed by atoms with Gasteiger partial charge in [0.15, 0.2) is 0 Å². The highest BCUT2D eigenvalue weighted by Crippen LogP contribution is 2.31. The molecule has 0 saturated heterocycles. The normalized spacial score (nSPS) is 11.1. The summed E-state index contributed by atoms with van der Waals surface area (Å²) in [5, 5.41) is 0. The maximum Gasteiger partial charge on any atom is 0.136 e. The Morgan fingerprint density at radius 2 is 0.833 bits per heavy atom. The number of halogens is 2. The molecular weight excluding hydrogens is 622 g/mol. The third-order valence-corrected chi connectivity index (χ3v) is 5.25. The average Bonchev–Trinajstić information content (AvgIpc) is 2.73. The highest BCUT2D eigenvalue weighted by atomic mass is 127. The number of hydrogen-bond acceptors (Lipinski definition) is 8. The number of hydrogen-bond donors (Lipinski definition) is 0. The van der Waals surface area contributed by atoms with Crippen LogP contribution >= 0.6 is 45.2 Å². The summed E-state index contributed by atoms with van der Waals surface area (Å²) in [4.78, 5) is 0. The van der Waals surface area contributed by atoms with Crippen molar-refractivity contribution in [1.82, 2.24) is 0 Å². The Morgan fingerprint density at radius 3 is 1.20 bits per heavy atom. The zero-order valence-electron chi connectivity index (χ0n) is 17.7. The second kappa shape index (κ2) is 19.7. The van der Waals surface area contributed by atoms with Crippen molar-refractivity contribution in [2.75, 3.05) is 93.5 Å². The van der Waals surface area contributed by atoms with Gasteiger partial charge in [-0.2, -0.15) is 0 Å². The summed E-state index contributed by atoms with van der Waals surface area (Å²) in [6.07, 6.45) is 0. The predicted octanol–water partition coefficient (Wildman–Crippen LogP) is 3.01. The van der Waals surface area contributed by atoms with Crippen molar-refractivity contribution < 1.29 is 37.9 Å². The van der Waals surface area contributed by atoms with Crippen LogP contribution < -0.4 is 9.47 Å². The molecule has 0 aromatic heterocycles. The van der Waals surface area contributed by atoms with E-state index >= 15 is 0 Å². The van der Waals surface area contributed by atoms with E-state index in [9.17, 15) is 0 Å². The molecule has 1 aromatic carbocycles. The van der Waals surface area contributed by atoms with Crippen LogP contribution in [0.2, 0.25) is 0 Å². The largest absolute Gasteiger partial charge is 0.490 e. The van der Waals surface area contributed by atoms with Gasteiger partial charge in [-0.25, -0.2) is 0 Å². The molecule has 0 aliphatic carbocycles. The first-order chi connectivity index (χ1) is 14.7. The van der Waals surface area contributed by atoms with Crippen LogP contribution in [0.5, 0.6) is 11.5 Å². The molecule has 30 heavy (non-hydrogen) atoms. The molecule has 1 rings (SSSR count). The van der Waals surface area contributed by atoms with Gasteiger partial charge < -0.3 is 37.9 Å².